The smallest absolute Gasteiger partial charge is 0.335 e. The van der Waals surface area contributed by atoms with Gasteiger partial charge in [-0.2, -0.15) is 0 Å². The molecule has 0 aromatic carbocycles. The Morgan fingerprint density at radius 2 is 2.06 bits per heavy atom. The molecule has 1 atom stereocenters. The number of aromatic nitrogens is 1. The largest absolute Gasteiger partial charge is 0.464 e. The fraction of sp³-hybridized carbons (Fsp3) is 0.500. The summed E-state index contributed by atoms with van der Waals surface area (Å²) < 4.78 is 10.4. The third kappa shape index (κ3) is 3.98. The number of carbonyl (C=O) groups excluding carboxylic acids is 1. The summed E-state index contributed by atoms with van der Waals surface area (Å²) in [5.74, 6) is -0.293. The summed E-state index contributed by atoms with van der Waals surface area (Å²) in [5.41, 5.74) is 0.998. The second-order valence-electron chi connectivity index (χ2n) is 3.32. The highest BCUT2D eigenvalue weighted by Crippen LogP contribution is 2.06. The molecule has 1 unspecified atom stereocenters. The van der Waals surface area contributed by atoms with Gasteiger partial charge in [0.2, 0.25) is 0 Å². The van der Waals surface area contributed by atoms with E-state index in [0.29, 0.717) is 19.6 Å². The minimum absolute atomic E-state index is 0.293. The quantitative estimate of drug-likeness (QED) is 0.691. The van der Waals surface area contributed by atoms with Crippen LogP contribution < -0.4 is 0 Å². The van der Waals surface area contributed by atoms with Crippen molar-refractivity contribution in [1.29, 1.82) is 0 Å². The predicted molar refractivity (Wildman–Crippen MR) is 59.7 cm³/mol. The first-order valence-corrected chi connectivity index (χ1v) is 5.45. The van der Waals surface area contributed by atoms with E-state index in [-0.39, 0.29) is 5.97 Å². The van der Waals surface area contributed by atoms with Crippen LogP contribution >= 0.6 is 0 Å². The van der Waals surface area contributed by atoms with Crippen molar-refractivity contribution in [2.24, 2.45) is 0 Å². The molecule has 0 aliphatic heterocycles. The molecule has 0 saturated heterocycles. The molecule has 88 valence electrons. The van der Waals surface area contributed by atoms with E-state index >= 15 is 0 Å². The third-order valence-corrected chi connectivity index (χ3v) is 2.12. The van der Waals surface area contributed by atoms with Crippen LogP contribution in [-0.2, 0) is 20.9 Å². The van der Waals surface area contributed by atoms with Crippen molar-refractivity contribution in [3.8, 4) is 0 Å². The standard InChI is InChI=1S/C12H17NO3/c1-3-11(12(14)15-4-2)16-9-10-5-7-13-8-6-10/h5-8,11H,3-4,9H2,1-2H3. The van der Waals surface area contributed by atoms with E-state index in [1.807, 2.05) is 19.1 Å². The minimum Gasteiger partial charge on any atom is -0.464 e. The van der Waals surface area contributed by atoms with Crippen molar-refractivity contribution in [3.05, 3.63) is 30.1 Å². The molecule has 0 bridgehead atoms. The van der Waals surface area contributed by atoms with Crippen molar-refractivity contribution in [1.82, 2.24) is 4.98 Å². The monoisotopic (exact) mass is 223 g/mol. The summed E-state index contributed by atoms with van der Waals surface area (Å²) in [6.45, 7) is 4.47. The number of ether oxygens (including phenoxy) is 2. The summed E-state index contributed by atoms with van der Waals surface area (Å²) in [6.07, 6.45) is 3.53. The van der Waals surface area contributed by atoms with E-state index in [9.17, 15) is 4.79 Å². The summed E-state index contributed by atoms with van der Waals surface area (Å²) in [5, 5.41) is 0. The lowest BCUT2D eigenvalue weighted by molar-refractivity contribution is -0.157. The third-order valence-electron chi connectivity index (χ3n) is 2.12. The van der Waals surface area contributed by atoms with E-state index in [1.165, 1.54) is 0 Å². The van der Waals surface area contributed by atoms with Gasteiger partial charge in [-0.05, 0) is 31.0 Å². The topological polar surface area (TPSA) is 48.4 Å². The molecule has 1 heterocycles. The number of hydrogen-bond acceptors (Lipinski definition) is 4. The lowest BCUT2D eigenvalue weighted by Crippen LogP contribution is -2.25. The number of esters is 1. The van der Waals surface area contributed by atoms with Crippen LogP contribution in [0.1, 0.15) is 25.8 Å². The van der Waals surface area contributed by atoms with Crippen LogP contribution in [0.5, 0.6) is 0 Å². The fourth-order valence-corrected chi connectivity index (χ4v) is 1.26. The number of nitrogens with zero attached hydrogens (tertiary/aromatic N) is 1. The van der Waals surface area contributed by atoms with E-state index in [4.69, 9.17) is 9.47 Å². The maximum absolute atomic E-state index is 11.4. The van der Waals surface area contributed by atoms with Gasteiger partial charge >= 0.3 is 5.97 Å². The highest BCUT2D eigenvalue weighted by Gasteiger charge is 2.17. The second-order valence-corrected chi connectivity index (χ2v) is 3.32. The molecule has 0 aliphatic rings. The van der Waals surface area contributed by atoms with E-state index in [0.717, 1.165) is 5.56 Å². The van der Waals surface area contributed by atoms with E-state index in [2.05, 4.69) is 4.98 Å². The van der Waals surface area contributed by atoms with Crippen molar-refractivity contribution < 1.29 is 14.3 Å². The molecular weight excluding hydrogens is 206 g/mol. The van der Waals surface area contributed by atoms with Gasteiger partial charge in [0.25, 0.3) is 0 Å². The van der Waals surface area contributed by atoms with Crippen LogP contribution in [0.15, 0.2) is 24.5 Å². The second kappa shape index (κ2) is 6.95. The number of rotatable bonds is 6. The Hall–Kier alpha value is -1.42. The molecule has 4 nitrogen and oxygen atoms in total. The Morgan fingerprint density at radius 3 is 2.62 bits per heavy atom. The molecule has 0 amide bonds. The molecule has 4 heteroatoms. The molecule has 1 rings (SSSR count). The molecule has 16 heavy (non-hydrogen) atoms. The number of hydrogen-bond donors (Lipinski definition) is 0. The SMILES string of the molecule is CCOC(=O)C(CC)OCc1ccncc1. The maximum Gasteiger partial charge on any atom is 0.335 e. The summed E-state index contributed by atoms with van der Waals surface area (Å²) in [7, 11) is 0. The zero-order valence-electron chi connectivity index (χ0n) is 9.68. The van der Waals surface area contributed by atoms with Crippen LogP contribution in [-0.4, -0.2) is 23.7 Å². The Bertz CT molecular complexity index is 313. The van der Waals surface area contributed by atoms with E-state index in [1.54, 1.807) is 19.3 Å². The van der Waals surface area contributed by atoms with Gasteiger partial charge in [0.1, 0.15) is 0 Å². The Labute approximate surface area is 95.6 Å². The van der Waals surface area contributed by atoms with Crippen LogP contribution in [0.4, 0.5) is 0 Å². The Morgan fingerprint density at radius 1 is 1.38 bits per heavy atom. The molecule has 1 aromatic rings. The maximum atomic E-state index is 11.4. The van der Waals surface area contributed by atoms with Crippen molar-refractivity contribution in [3.63, 3.8) is 0 Å². The first kappa shape index (κ1) is 12.6. The van der Waals surface area contributed by atoms with Gasteiger partial charge < -0.3 is 9.47 Å². The van der Waals surface area contributed by atoms with Crippen LogP contribution in [0, 0.1) is 0 Å². The molecule has 0 aliphatic carbocycles. The molecule has 0 N–H and O–H groups in total. The van der Waals surface area contributed by atoms with Gasteiger partial charge in [-0.1, -0.05) is 6.92 Å². The highest BCUT2D eigenvalue weighted by atomic mass is 16.6. The minimum atomic E-state index is -0.479. The zero-order valence-corrected chi connectivity index (χ0v) is 9.68. The van der Waals surface area contributed by atoms with Gasteiger partial charge in [-0.25, -0.2) is 4.79 Å². The Kier molecular flexibility index (Phi) is 5.50. The molecule has 0 spiro atoms. The van der Waals surface area contributed by atoms with Gasteiger partial charge in [0.15, 0.2) is 6.10 Å². The predicted octanol–water partition coefficient (Wildman–Crippen LogP) is 1.94. The summed E-state index contributed by atoms with van der Waals surface area (Å²) >= 11 is 0. The first-order chi connectivity index (χ1) is 7.77. The first-order valence-electron chi connectivity index (χ1n) is 5.45. The summed E-state index contributed by atoms with van der Waals surface area (Å²) in [4.78, 5) is 15.3. The van der Waals surface area contributed by atoms with Crippen molar-refractivity contribution in [2.45, 2.75) is 33.0 Å². The number of pyridine rings is 1. The molecule has 0 fully saturated rings. The van der Waals surface area contributed by atoms with Crippen LogP contribution in [0.25, 0.3) is 0 Å². The van der Waals surface area contributed by atoms with Crippen molar-refractivity contribution in [2.75, 3.05) is 6.61 Å². The van der Waals surface area contributed by atoms with Gasteiger partial charge in [-0.15, -0.1) is 0 Å². The lowest BCUT2D eigenvalue weighted by atomic mass is 10.2. The average Bonchev–Trinajstić information content (AvgIpc) is 2.31. The number of carbonyl (C=O) groups is 1. The molecule has 1 aromatic heterocycles. The average molecular weight is 223 g/mol. The fourth-order valence-electron chi connectivity index (χ4n) is 1.26. The lowest BCUT2D eigenvalue weighted by Gasteiger charge is -2.14. The summed E-state index contributed by atoms with van der Waals surface area (Å²) in [6, 6.07) is 3.72. The van der Waals surface area contributed by atoms with Crippen LogP contribution in [0.3, 0.4) is 0 Å². The molecule has 0 saturated carbocycles. The van der Waals surface area contributed by atoms with Gasteiger partial charge in [0.05, 0.1) is 13.2 Å². The molecule has 0 radical (unpaired) electrons. The highest BCUT2D eigenvalue weighted by molar-refractivity contribution is 5.74. The zero-order chi connectivity index (χ0) is 11.8. The van der Waals surface area contributed by atoms with Gasteiger partial charge in [0, 0.05) is 12.4 Å². The Balaban J connectivity index is 2.43. The van der Waals surface area contributed by atoms with Gasteiger partial charge in [-0.3, -0.25) is 4.98 Å². The normalized spacial score (nSPS) is 12.1. The molecular formula is C12H17NO3. The van der Waals surface area contributed by atoms with Crippen LogP contribution in [0.2, 0.25) is 0 Å². The van der Waals surface area contributed by atoms with E-state index < -0.39 is 6.10 Å². The van der Waals surface area contributed by atoms with Crippen molar-refractivity contribution >= 4 is 5.97 Å².